The van der Waals surface area contributed by atoms with Crippen LogP contribution in [0, 0.1) is 11.3 Å². The Hall–Kier alpha value is -0.0800. The van der Waals surface area contributed by atoms with E-state index in [2.05, 4.69) is 34.4 Å². The Bertz CT molecular complexity index is 498. The summed E-state index contributed by atoms with van der Waals surface area (Å²) in [7, 11) is 1.90. The maximum Gasteiger partial charge on any atom is 0.191 e. The number of ether oxygens (including phenoxy) is 1. The van der Waals surface area contributed by atoms with Crippen LogP contribution < -0.4 is 10.6 Å². The summed E-state index contributed by atoms with van der Waals surface area (Å²) in [6.45, 7) is 8.05. The van der Waals surface area contributed by atoms with Gasteiger partial charge in [-0.15, -0.1) is 24.0 Å². The summed E-state index contributed by atoms with van der Waals surface area (Å²) in [4.78, 5) is 7.25. The molecule has 2 saturated heterocycles. The molecule has 4 rings (SSSR count). The van der Waals surface area contributed by atoms with E-state index in [1.54, 1.807) is 0 Å². The summed E-state index contributed by atoms with van der Waals surface area (Å²) in [5.74, 6) is 1.64. The number of nitrogens with zero attached hydrogens (tertiary/aromatic N) is 2. The quantitative estimate of drug-likeness (QED) is 0.374. The monoisotopic (exact) mass is 476 g/mol. The highest BCUT2D eigenvalue weighted by atomic mass is 127. The molecule has 0 aromatic rings. The lowest BCUT2D eigenvalue weighted by Gasteiger charge is -2.55. The lowest BCUT2D eigenvalue weighted by atomic mass is 9.57. The molecule has 0 spiro atoms. The fraction of sp³-hybridized carbons (Fsp3) is 0.950. The van der Waals surface area contributed by atoms with Crippen molar-refractivity contribution in [1.82, 2.24) is 15.5 Å². The first-order valence-electron chi connectivity index (χ1n) is 10.4. The number of guanidine groups is 1. The van der Waals surface area contributed by atoms with Crippen LogP contribution in [0.2, 0.25) is 0 Å². The fourth-order valence-electron chi connectivity index (χ4n) is 5.81. The number of halogens is 1. The zero-order valence-electron chi connectivity index (χ0n) is 16.7. The first-order valence-corrected chi connectivity index (χ1v) is 10.4. The molecule has 150 valence electrons. The minimum Gasteiger partial charge on any atom is -0.377 e. The maximum absolute atomic E-state index is 5.92. The van der Waals surface area contributed by atoms with Crippen molar-refractivity contribution in [3.05, 3.63) is 0 Å². The number of hydrogen-bond acceptors (Lipinski definition) is 3. The van der Waals surface area contributed by atoms with Crippen molar-refractivity contribution >= 4 is 29.9 Å². The first kappa shape index (κ1) is 20.6. The Morgan fingerprint density at radius 2 is 1.73 bits per heavy atom. The van der Waals surface area contributed by atoms with Gasteiger partial charge in [-0.3, -0.25) is 4.99 Å². The summed E-state index contributed by atoms with van der Waals surface area (Å²) in [5.41, 5.74) is 0.199. The molecule has 0 radical (unpaired) electrons. The van der Waals surface area contributed by atoms with Gasteiger partial charge in [0.05, 0.1) is 6.10 Å². The smallest absolute Gasteiger partial charge is 0.191 e. The minimum absolute atomic E-state index is 0. The normalized spacial score (nSPS) is 35.5. The summed E-state index contributed by atoms with van der Waals surface area (Å²) in [5, 5.41) is 7.43. The van der Waals surface area contributed by atoms with Crippen LogP contribution in [-0.4, -0.2) is 61.8 Å². The average Bonchev–Trinajstić information content (AvgIpc) is 3.29. The van der Waals surface area contributed by atoms with Gasteiger partial charge in [-0.1, -0.05) is 26.7 Å². The largest absolute Gasteiger partial charge is 0.377 e. The third-order valence-electron chi connectivity index (χ3n) is 7.33. The van der Waals surface area contributed by atoms with Crippen molar-refractivity contribution in [2.24, 2.45) is 16.3 Å². The molecule has 0 amide bonds. The van der Waals surface area contributed by atoms with Crippen LogP contribution in [0.4, 0.5) is 0 Å². The van der Waals surface area contributed by atoms with Crippen molar-refractivity contribution in [3.8, 4) is 0 Å². The standard InChI is InChI=1S/C20H36N4O.HI/c1-20(2)17(16-10-13-25-18(16)20)23-19(21-3)22-14-8-11-24(12-9-14)15-6-4-5-7-15;/h14-18H,4-13H2,1-3H3,(H2,21,22,23);1H. The Kier molecular flexibility index (Phi) is 6.76. The van der Waals surface area contributed by atoms with Crippen LogP contribution in [0.5, 0.6) is 0 Å². The van der Waals surface area contributed by atoms with Crippen molar-refractivity contribution in [3.63, 3.8) is 0 Å². The molecule has 6 heteroatoms. The molecule has 2 saturated carbocycles. The highest BCUT2D eigenvalue weighted by Gasteiger charge is 2.59. The minimum atomic E-state index is 0. The number of aliphatic imine (C=N–C) groups is 1. The zero-order valence-corrected chi connectivity index (χ0v) is 19.0. The second-order valence-corrected chi connectivity index (χ2v) is 9.15. The number of nitrogens with one attached hydrogen (secondary N) is 2. The van der Waals surface area contributed by atoms with Gasteiger partial charge in [-0.25, -0.2) is 0 Å². The van der Waals surface area contributed by atoms with Crippen molar-refractivity contribution in [1.29, 1.82) is 0 Å². The van der Waals surface area contributed by atoms with Crippen LogP contribution in [0.15, 0.2) is 4.99 Å². The van der Waals surface area contributed by atoms with Gasteiger partial charge in [0.1, 0.15) is 0 Å². The molecule has 0 aromatic carbocycles. The molecule has 4 aliphatic rings. The molecule has 3 unspecified atom stereocenters. The highest BCUT2D eigenvalue weighted by molar-refractivity contribution is 14.0. The van der Waals surface area contributed by atoms with Crippen LogP contribution in [0.1, 0.15) is 58.8 Å². The average molecular weight is 476 g/mol. The molecule has 3 atom stereocenters. The van der Waals surface area contributed by atoms with Gasteiger partial charge in [-0.05, 0) is 32.1 Å². The third-order valence-corrected chi connectivity index (χ3v) is 7.33. The van der Waals surface area contributed by atoms with Gasteiger partial charge < -0.3 is 20.3 Å². The Morgan fingerprint density at radius 1 is 1.04 bits per heavy atom. The van der Waals surface area contributed by atoms with E-state index in [1.165, 1.54) is 58.0 Å². The highest BCUT2D eigenvalue weighted by Crippen LogP contribution is 2.52. The van der Waals surface area contributed by atoms with Crippen molar-refractivity contribution in [2.75, 3.05) is 26.7 Å². The third kappa shape index (κ3) is 3.88. The SMILES string of the molecule is CN=C(NC1CCN(C2CCCC2)CC1)NC1C2CCOC2C1(C)C.I. The van der Waals surface area contributed by atoms with Gasteiger partial charge in [0, 0.05) is 56.2 Å². The molecular formula is C20H37IN4O. The van der Waals surface area contributed by atoms with Gasteiger partial charge >= 0.3 is 0 Å². The van der Waals surface area contributed by atoms with E-state index in [1.807, 2.05) is 7.05 Å². The van der Waals surface area contributed by atoms with Crippen molar-refractivity contribution < 1.29 is 4.74 Å². The number of hydrogen-bond donors (Lipinski definition) is 2. The zero-order chi connectivity index (χ0) is 17.4. The second kappa shape index (κ2) is 8.52. The molecular weight excluding hydrogens is 439 g/mol. The van der Waals surface area contributed by atoms with E-state index in [9.17, 15) is 0 Å². The molecule has 2 aliphatic heterocycles. The lowest BCUT2D eigenvalue weighted by molar-refractivity contribution is -0.106. The molecule has 2 N–H and O–H groups in total. The van der Waals surface area contributed by atoms with Crippen LogP contribution in [-0.2, 0) is 4.74 Å². The Balaban J connectivity index is 0.00000196. The number of piperidine rings is 1. The summed E-state index contributed by atoms with van der Waals surface area (Å²) in [6.07, 6.45) is 9.79. The summed E-state index contributed by atoms with van der Waals surface area (Å²) >= 11 is 0. The topological polar surface area (TPSA) is 48.9 Å². The molecule has 4 fully saturated rings. The molecule has 2 heterocycles. The van der Waals surface area contributed by atoms with E-state index in [4.69, 9.17) is 4.74 Å². The van der Waals surface area contributed by atoms with Crippen LogP contribution in [0.3, 0.4) is 0 Å². The summed E-state index contributed by atoms with van der Waals surface area (Å²) < 4.78 is 5.92. The predicted octanol–water partition coefficient (Wildman–Crippen LogP) is 2.99. The fourth-order valence-corrected chi connectivity index (χ4v) is 5.81. The van der Waals surface area contributed by atoms with E-state index in [0.29, 0.717) is 24.1 Å². The van der Waals surface area contributed by atoms with E-state index < -0.39 is 0 Å². The molecule has 0 aromatic heterocycles. The van der Waals surface area contributed by atoms with Gasteiger partial charge in [-0.2, -0.15) is 0 Å². The first-order chi connectivity index (χ1) is 12.1. The maximum atomic E-state index is 5.92. The van der Waals surface area contributed by atoms with E-state index in [0.717, 1.165) is 18.6 Å². The van der Waals surface area contributed by atoms with E-state index in [-0.39, 0.29) is 29.4 Å². The molecule has 5 nitrogen and oxygen atoms in total. The molecule has 0 bridgehead atoms. The Morgan fingerprint density at radius 3 is 2.38 bits per heavy atom. The van der Waals surface area contributed by atoms with Crippen LogP contribution in [0.25, 0.3) is 0 Å². The summed E-state index contributed by atoms with van der Waals surface area (Å²) in [6, 6.07) is 1.90. The number of rotatable bonds is 3. The number of likely N-dealkylation sites (tertiary alicyclic amines) is 1. The number of fused-ring (bicyclic) bond motifs is 1. The van der Waals surface area contributed by atoms with Gasteiger partial charge in [0.2, 0.25) is 0 Å². The lowest BCUT2D eigenvalue weighted by Crippen LogP contribution is -2.68. The molecule has 2 aliphatic carbocycles. The van der Waals surface area contributed by atoms with Crippen molar-refractivity contribution in [2.45, 2.75) is 83.0 Å². The van der Waals surface area contributed by atoms with Crippen LogP contribution >= 0.6 is 24.0 Å². The Labute approximate surface area is 176 Å². The van der Waals surface area contributed by atoms with Gasteiger partial charge in [0.15, 0.2) is 5.96 Å². The molecule has 26 heavy (non-hydrogen) atoms. The van der Waals surface area contributed by atoms with E-state index >= 15 is 0 Å². The van der Waals surface area contributed by atoms with Gasteiger partial charge in [0.25, 0.3) is 0 Å². The predicted molar refractivity (Wildman–Crippen MR) is 117 cm³/mol. The second-order valence-electron chi connectivity index (χ2n) is 9.15.